The van der Waals surface area contributed by atoms with Gasteiger partial charge in [-0.3, -0.25) is 9.10 Å². The number of benzene rings is 3. The van der Waals surface area contributed by atoms with Crippen molar-refractivity contribution in [3.63, 3.8) is 0 Å². The lowest BCUT2D eigenvalue weighted by atomic mass is 10.1. The minimum Gasteiger partial charge on any atom is -0.497 e. The van der Waals surface area contributed by atoms with Crippen molar-refractivity contribution < 1.29 is 22.3 Å². The smallest absolute Gasteiger partial charge is 0.258 e. The first-order valence-corrected chi connectivity index (χ1v) is 13.6. The van der Waals surface area contributed by atoms with Gasteiger partial charge in [-0.2, -0.15) is 0 Å². The molecule has 1 heterocycles. The summed E-state index contributed by atoms with van der Waals surface area (Å²) in [6.45, 7) is 1.90. The number of carbonyl (C=O) groups excluding carboxylic acids is 1. The van der Waals surface area contributed by atoms with Gasteiger partial charge in [0.1, 0.15) is 23.7 Å². The highest BCUT2D eigenvalue weighted by Crippen LogP contribution is 2.36. The normalized spacial score (nSPS) is 11.1. The largest absolute Gasteiger partial charge is 0.497 e. The van der Waals surface area contributed by atoms with Gasteiger partial charge in [-0.1, -0.05) is 23.7 Å². The molecule has 204 valence electrons. The number of unbranched alkanes of at least 4 members (excludes halogenated alkanes) is 1. The lowest BCUT2D eigenvalue weighted by molar-refractivity contribution is 0.102. The van der Waals surface area contributed by atoms with E-state index in [9.17, 15) is 17.6 Å². The standard InChI is InChI=1S/C27H27ClFN5O4S/c1-16-13-19-24(31-15-32-26(19)30)20(14-16)27(35)33-25-21(29)10-11-22(23(25)28)34(39(36)37)12-4-3-5-17-6-8-18(38-2)9-7-17/h6-11,13-15,39H,3-5,12H2,1-2H3,(H,33,35)(H2,30,31,32). The molecule has 4 rings (SSSR count). The summed E-state index contributed by atoms with van der Waals surface area (Å²) < 4.78 is 45.3. The molecular formula is C27H27ClFN5O4S. The highest BCUT2D eigenvalue weighted by Gasteiger charge is 2.22. The average molecular weight is 572 g/mol. The Morgan fingerprint density at radius 1 is 1.13 bits per heavy atom. The number of nitrogens with one attached hydrogen (secondary N) is 1. The van der Waals surface area contributed by atoms with E-state index in [4.69, 9.17) is 22.1 Å². The van der Waals surface area contributed by atoms with Crippen LogP contribution in [0.5, 0.6) is 5.75 Å². The molecule has 0 saturated carbocycles. The maximum Gasteiger partial charge on any atom is 0.258 e. The molecule has 0 unspecified atom stereocenters. The fraction of sp³-hybridized carbons (Fsp3) is 0.222. The number of rotatable bonds is 10. The first-order chi connectivity index (χ1) is 18.7. The second-order valence-electron chi connectivity index (χ2n) is 8.84. The zero-order valence-electron chi connectivity index (χ0n) is 21.3. The van der Waals surface area contributed by atoms with Crippen molar-refractivity contribution in [2.45, 2.75) is 26.2 Å². The van der Waals surface area contributed by atoms with E-state index in [0.717, 1.165) is 33.7 Å². The van der Waals surface area contributed by atoms with Gasteiger partial charge in [-0.05, 0) is 73.7 Å². The van der Waals surface area contributed by atoms with Crippen LogP contribution < -0.4 is 20.1 Å². The number of fused-ring (bicyclic) bond motifs is 1. The average Bonchev–Trinajstić information content (AvgIpc) is 2.92. The first kappa shape index (κ1) is 28.1. The number of aryl methyl sites for hydroxylation is 2. The molecule has 0 aliphatic rings. The van der Waals surface area contributed by atoms with E-state index in [2.05, 4.69) is 15.3 Å². The van der Waals surface area contributed by atoms with Gasteiger partial charge < -0.3 is 15.8 Å². The minimum atomic E-state index is -3.09. The third-order valence-corrected chi connectivity index (χ3v) is 7.38. The predicted molar refractivity (Wildman–Crippen MR) is 152 cm³/mol. The Bertz CT molecular complexity index is 1590. The molecule has 12 heteroatoms. The number of nitrogen functional groups attached to an aromatic ring is 1. The number of hydrogen-bond donors (Lipinski definition) is 3. The van der Waals surface area contributed by atoms with Crippen LogP contribution in [-0.4, -0.2) is 37.9 Å². The number of anilines is 3. The lowest BCUT2D eigenvalue weighted by Gasteiger charge is -2.21. The number of carbonyl (C=O) groups is 1. The molecule has 0 radical (unpaired) electrons. The molecule has 1 aromatic heterocycles. The molecule has 0 spiro atoms. The Morgan fingerprint density at radius 3 is 2.56 bits per heavy atom. The van der Waals surface area contributed by atoms with Crippen molar-refractivity contribution in [2.24, 2.45) is 0 Å². The van der Waals surface area contributed by atoms with Crippen LogP contribution in [0.4, 0.5) is 21.6 Å². The molecule has 0 saturated heterocycles. The summed E-state index contributed by atoms with van der Waals surface area (Å²) >= 11 is 6.48. The van der Waals surface area contributed by atoms with E-state index >= 15 is 0 Å². The Kier molecular flexibility index (Phi) is 8.82. The van der Waals surface area contributed by atoms with E-state index in [1.165, 1.54) is 12.4 Å². The van der Waals surface area contributed by atoms with Crippen LogP contribution in [0.15, 0.2) is 54.9 Å². The predicted octanol–water partition coefficient (Wildman–Crippen LogP) is 4.93. The number of nitrogens with two attached hydrogens (primary N) is 1. The minimum absolute atomic E-state index is 0.0644. The Labute approximate surface area is 231 Å². The van der Waals surface area contributed by atoms with Gasteiger partial charge in [-0.25, -0.2) is 22.8 Å². The molecule has 0 bridgehead atoms. The van der Waals surface area contributed by atoms with Crippen molar-refractivity contribution in [3.8, 4) is 5.75 Å². The molecule has 3 aromatic carbocycles. The summed E-state index contributed by atoms with van der Waals surface area (Å²) in [4.78, 5) is 21.3. The maximum atomic E-state index is 14.9. The summed E-state index contributed by atoms with van der Waals surface area (Å²) in [5.74, 6) is -0.540. The number of thiol groups is 1. The summed E-state index contributed by atoms with van der Waals surface area (Å²) in [5, 5.41) is 2.73. The third-order valence-electron chi connectivity index (χ3n) is 6.19. The number of aromatic nitrogens is 2. The Hall–Kier alpha value is -3.96. The maximum absolute atomic E-state index is 14.9. The molecule has 0 atom stereocenters. The third kappa shape index (κ3) is 6.37. The summed E-state index contributed by atoms with van der Waals surface area (Å²) in [5.41, 5.74) is 7.91. The van der Waals surface area contributed by atoms with Gasteiger partial charge in [0.2, 0.25) is 10.9 Å². The fourth-order valence-electron chi connectivity index (χ4n) is 4.21. The Morgan fingerprint density at radius 2 is 1.87 bits per heavy atom. The van der Waals surface area contributed by atoms with Crippen molar-refractivity contribution in [2.75, 3.05) is 29.0 Å². The monoisotopic (exact) mass is 571 g/mol. The summed E-state index contributed by atoms with van der Waals surface area (Å²) in [6.07, 6.45) is 3.21. The van der Waals surface area contributed by atoms with Crippen LogP contribution in [0.1, 0.15) is 34.3 Å². The van der Waals surface area contributed by atoms with Crippen LogP contribution >= 0.6 is 11.6 Å². The van der Waals surface area contributed by atoms with E-state index < -0.39 is 22.6 Å². The van der Waals surface area contributed by atoms with E-state index in [-0.39, 0.29) is 34.3 Å². The second-order valence-corrected chi connectivity index (χ2v) is 10.2. The lowest BCUT2D eigenvalue weighted by Crippen LogP contribution is -2.24. The van der Waals surface area contributed by atoms with Gasteiger partial charge in [0.05, 0.1) is 34.6 Å². The highest BCUT2D eigenvalue weighted by molar-refractivity contribution is 7.74. The molecule has 1 amide bonds. The van der Waals surface area contributed by atoms with Crippen LogP contribution in [0.3, 0.4) is 0 Å². The number of amides is 1. The van der Waals surface area contributed by atoms with Crippen LogP contribution in [-0.2, 0) is 17.3 Å². The molecular weight excluding hydrogens is 545 g/mol. The number of nitrogens with zero attached hydrogens (tertiary/aromatic N) is 3. The van der Waals surface area contributed by atoms with Crippen molar-refractivity contribution in [1.82, 2.24) is 9.97 Å². The molecule has 0 aliphatic heterocycles. The topological polar surface area (TPSA) is 128 Å². The second kappa shape index (κ2) is 12.3. The number of hydrogen-bond acceptors (Lipinski definition) is 7. The van der Waals surface area contributed by atoms with Gasteiger partial charge in [-0.15, -0.1) is 0 Å². The van der Waals surface area contributed by atoms with Gasteiger partial charge in [0, 0.05) is 11.9 Å². The fourth-order valence-corrected chi connectivity index (χ4v) is 5.22. The molecule has 9 nitrogen and oxygen atoms in total. The summed E-state index contributed by atoms with van der Waals surface area (Å²) in [6, 6.07) is 13.3. The Balaban J connectivity index is 1.54. The van der Waals surface area contributed by atoms with Crippen LogP contribution in [0.25, 0.3) is 10.9 Å². The zero-order valence-corrected chi connectivity index (χ0v) is 22.9. The van der Waals surface area contributed by atoms with Crippen LogP contribution in [0.2, 0.25) is 5.02 Å². The summed E-state index contributed by atoms with van der Waals surface area (Å²) in [7, 11) is -1.49. The van der Waals surface area contributed by atoms with Gasteiger partial charge >= 0.3 is 0 Å². The molecule has 0 aliphatic carbocycles. The number of methoxy groups -OCH3 is 1. The van der Waals surface area contributed by atoms with E-state index in [1.807, 2.05) is 24.3 Å². The molecule has 39 heavy (non-hydrogen) atoms. The molecule has 4 aromatic rings. The quantitative estimate of drug-likeness (QED) is 0.182. The number of halogens is 2. The van der Waals surface area contributed by atoms with Crippen molar-refractivity contribution in [1.29, 1.82) is 0 Å². The number of ether oxygens (including phenoxy) is 1. The molecule has 3 N–H and O–H groups in total. The van der Waals surface area contributed by atoms with E-state index in [0.29, 0.717) is 23.7 Å². The highest BCUT2D eigenvalue weighted by atomic mass is 35.5. The SMILES string of the molecule is COc1ccc(CCCCN(c2ccc(F)c(NC(=O)c3cc(C)cc4c(N)ncnc34)c2Cl)[SH](=O)=O)cc1. The van der Waals surface area contributed by atoms with Gasteiger partial charge in [0.15, 0.2) is 0 Å². The van der Waals surface area contributed by atoms with E-state index in [1.54, 1.807) is 26.2 Å². The molecule has 0 fully saturated rings. The van der Waals surface area contributed by atoms with Gasteiger partial charge in [0.25, 0.3) is 5.91 Å². The van der Waals surface area contributed by atoms with Crippen molar-refractivity contribution >= 4 is 56.5 Å². The zero-order chi connectivity index (χ0) is 28.1. The van der Waals surface area contributed by atoms with Crippen molar-refractivity contribution in [3.05, 3.63) is 82.4 Å². The van der Waals surface area contributed by atoms with Crippen LogP contribution in [0, 0.1) is 12.7 Å². The first-order valence-electron chi connectivity index (χ1n) is 12.0.